The topological polar surface area (TPSA) is 75.5 Å². The maximum absolute atomic E-state index is 7.53. The van der Waals surface area contributed by atoms with Gasteiger partial charge in [0.25, 0.3) is 0 Å². The van der Waals surface area contributed by atoms with Crippen LogP contribution in [0.15, 0.2) is 11.6 Å². The summed E-state index contributed by atoms with van der Waals surface area (Å²) in [5.41, 5.74) is 0. The van der Waals surface area contributed by atoms with E-state index in [1.807, 2.05) is 5.38 Å². The fourth-order valence-electron chi connectivity index (χ4n) is 0.163. The molecule has 0 saturated carbocycles. The molecule has 8 heteroatoms. The zero-order valence-corrected chi connectivity index (χ0v) is 5.73. The van der Waals surface area contributed by atoms with Crippen LogP contribution in [-0.2, 0) is 4.57 Å². The Morgan fingerprint density at radius 1 is 1.40 bits per heavy atom. The summed E-state index contributed by atoms with van der Waals surface area (Å²) in [7, 11) is 0.750. The van der Waals surface area contributed by atoms with Crippen molar-refractivity contribution < 1.29 is 14.6 Å². The molecular formula is C2H4B2N2O3S. The minimum atomic E-state index is 0.375. The SMILES string of the molecule is O[B]O[B]O.c1csnn1. The first-order valence-electron chi connectivity index (χ1n) is 2.20. The van der Waals surface area contributed by atoms with E-state index in [9.17, 15) is 0 Å². The third kappa shape index (κ3) is 7.57. The van der Waals surface area contributed by atoms with Gasteiger partial charge >= 0.3 is 15.4 Å². The number of aromatic nitrogens is 2. The maximum Gasteiger partial charge on any atom is 0.469 e. The van der Waals surface area contributed by atoms with Crippen LogP contribution in [0.3, 0.4) is 0 Å². The Balaban J connectivity index is 0.000000162. The summed E-state index contributed by atoms with van der Waals surface area (Å²) in [4.78, 5) is 0. The van der Waals surface area contributed by atoms with Crippen LogP contribution < -0.4 is 0 Å². The quantitative estimate of drug-likeness (QED) is 0.517. The Morgan fingerprint density at radius 3 is 2.20 bits per heavy atom. The van der Waals surface area contributed by atoms with Gasteiger partial charge in [0.2, 0.25) is 0 Å². The summed E-state index contributed by atoms with van der Waals surface area (Å²) < 4.78 is 7.21. The van der Waals surface area contributed by atoms with Crippen molar-refractivity contribution in [1.82, 2.24) is 9.59 Å². The van der Waals surface area contributed by atoms with Gasteiger partial charge in [0.1, 0.15) is 0 Å². The molecule has 1 heterocycles. The van der Waals surface area contributed by atoms with E-state index in [4.69, 9.17) is 10.0 Å². The predicted octanol–water partition coefficient (Wildman–Crippen LogP) is -1.41. The van der Waals surface area contributed by atoms with Crippen LogP contribution in [0.4, 0.5) is 0 Å². The van der Waals surface area contributed by atoms with Crippen LogP contribution in [0.5, 0.6) is 0 Å². The standard InChI is InChI=1S/C2H2N2S.B2H2O3/c1-2-5-4-3-1;3-1-5-2-4/h1-2H;3-4H. The summed E-state index contributed by atoms with van der Waals surface area (Å²) in [5.74, 6) is 0. The Kier molecular flexibility index (Phi) is 8.20. The second kappa shape index (κ2) is 8.57. The molecule has 5 nitrogen and oxygen atoms in total. The largest absolute Gasteiger partial charge is 0.469 e. The van der Waals surface area contributed by atoms with Crippen molar-refractivity contribution in [3.05, 3.63) is 11.6 Å². The van der Waals surface area contributed by atoms with Crippen molar-refractivity contribution in [3.8, 4) is 0 Å². The molecule has 0 aromatic carbocycles. The molecule has 0 saturated heterocycles. The zero-order chi connectivity index (χ0) is 7.66. The number of rotatable bonds is 2. The van der Waals surface area contributed by atoms with Gasteiger partial charge < -0.3 is 14.6 Å². The van der Waals surface area contributed by atoms with Gasteiger partial charge in [-0.25, -0.2) is 0 Å². The Labute approximate surface area is 63.4 Å². The monoisotopic (exact) mass is 158 g/mol. The molecule has 0 fully saturated rings. The average molecular weight is 158 g/mol. The smallest absolute Gasteiger partial charge is 0.456 e. The van der Waals surface area contributed by atoms with Crippen LogP contribution >= 0.6 is 11.5 Å². The lowest BCUT2D eigenvalue weighted by Crippen LogP contribution is -2.00. The molecule has 1 rings (SSSR count). The molecule has 0 amide bonds. The summed E-state index contributed by atoms with van der Waals surface area (Å²) >= 11 is 1.35. The molecule has 0 atom stereocenters. The number of nitrogens with zero attached hydrogens (tertiary/aromatic N) is 2. The molecule has 2 N–H and O–H groups in total. The minimum absolute atomic E-state index is 0.375. The fraction of sp³-hybridized carbons (Fsp3) is 0. The minimum Gasteiger partial charge on any atom is -0.456 e. The molecule has 0 unspecified atom stereocenters. The molecular weight excluding hydrogens is 154 g/mol. The van der Waals surface area contributed by atoms with Gasteiger partial charge in [-0.1, -0.05) is 4.49 Å². The van der Waals surface area contributed by atoms with Crippen LogP contribution in [0.25, 0.3) is 0 Å². The molecule has 0 aliphatic heterocycles. The highest BCUT2D eigenvalue weighted by molar-refractivity contribution is 7.03. The lowest BCUT2D eigenvalue weighted by Gasteiger charge is -1.78. The van der Waals surface area contributed by atoms with Gasteiger partial charge in [0.15, 0.2) is 0 Å². The summed E-state index contributed by atoms with van der Waals surface area (Å²) in [6, 6.07) is 0. The molecule has 0 aliphatic rings. The molecule has 2 radical (unpaired) electrons. The predicted molar refractivity (Wildman–Crippen MR) is 36.9 cm³/mol. The summed E-state index contributed by atoms with van der Waals surface area (Å²) in [6.45, 7) is 0. The van der Waals surface area contributed by atoms with E-state index in [-0.39, 0.29) is 0 Å². The van der Waals surface area contributed by atoms with E-state index in [1.165, 1.54) is 11.5 Å². The van der Waals surface area contributed by atoms with Gasteiger partial charge in [-0.05, 0) is 11.5 Å². The highest BCUT2D eigenvalue weighted by atomic mass is 32.1. The van der Waals surface area contributed by atoms with Crippen molar-refractivity contribution in [2.24, 2.45) is 0 Å². The first kappa shape index (κ1) is 9.57. The Bertz CT molecular complexity index is 109. The molecule has 0 bridgehead atoms. The Morgan fingerprint density at radius 2 is 2.10 bits per heavy atom. The van der Waals surface area contributed by atoms with Crippen LogP contribution in [0.1, 0.15) is 0 Å². The third-order valence-corrected chi connectivity index (χ3v) is 0.836. The van der Waals surface area contributed by atoms with Crippen molar-refractivity contribution in [2.45, 2.75) is 0 Å². The van der Waals surface area contributed by atoms with Crippen molar-refractivity contribution in [1.29, 1.82) is 0 Å². The van der Waals surface area contributed by atoms with Crippen molar-refractivity contribution >= 4 is 26.9 Å². The normalized spacial score (nSPS) is 7.40. The Hall–Kier alpha value is -0.430. The first-order chi connectivity index (χ1) is 4.91. The zero-order valence-electron chi connectivity index (χ0n) is 4.91. The molecule has 10 heavy (non-hydrogen) atoms. The summed E-state index contributed by atoms with van der Waals surface area (Å²) in [5, 5.41) is 20.4. The third-order valence-electron chi connectivity index (χ3n) is 0.404. The van der Waals surface area contributed by atoms with E-state index < -0.39 is 0 Å². The molecule has 0 aliphatic carbocycles. The van der Waals surface area contributed by atoms with Gasteiger partial charge in [0.05, 0.1) is 6.20 Å². The molecule has 1 aromatic heterocycles. The molecule has 0 spiro atoms. The average Bonchev–Trinajstić information content (AvgIpc) is 2.44. The van der Waals surface area contributed by atoms with Crippen molar-refractivity contribution in [3.63, 3.8) is 0 Å². The van der Waals surface area contributed by atoms with Crippen molar-refractivity contribution in [2.75, 3.05) is 0 Å². The van der Waals surface area contributed by atoms with Gasteiger partial charge in [-0.2, -0.15) is 0 Å². The van der Waals surface area contributed by atoms with Crippen LogP contribution in [0.2, 0.25) is 0 Å². The lowest BCUT2D eigenvalue weighted by molar-refractivity contribution is 0.408. The van der Waals surface area contributed by atoms with E-state index in [1.54, 1.807) is 6.20 Å². The summed E-state index contributed by atoms with van der Waals surface area (Å²) in [6.07, 6.45) is 1.66. The van der Waals surface area contributed by atoms with Gasteiger partial charge in [0, 0.05) is 5.38 Å². The number of hydrogen-bond acceptors (Lipinski definition) is 6. The first-order valence-corrected chi connectivity index (χ1v) is 3.03. The molecule has 1 aromatic rings. The van der Waals surface area contributed by atoms with Gasteiger partial charge in [-0.15, -0.1) is 5.10 Å². The van der Waals surface area contributed by atoms with E-state index in [0.29, 0.717) is 15.4 Å². The lowest BCUT2D eigenvalue weighted by atomic mass is 10.3. The number of hydrogen-bond donors (Lipinski definition) is 2. The maximum atomic E-state index is 7.53. The second-order valence-corrected chi connectivity index (χ2v) is 1.58. The second-order valence-electron chi connectivity index (χ2n) is 0.935. The van der Waals surface area contributed by atoms with E-state index in [2.05, 4.69) is 14.2 Å². The fourth-order valence-corrected chi connectivity index (χ4v) is 0.435. The highest BCUT2D eigenvalue weighted by Gasteiger charge is 1.80. The van der Waals surface area contributed by atoms with E-state index >= 15 is 0 Å². The van der Waals surface area contributed by atoms with Crippen LogP contribution in [-0.4, -0.2) is 35.0 Å². The highest BCUT2D eigenvalue weighted by Crippen LogP contribution is 1.78. The van der Waals surface area contributed by atoms with Crippen LogP contribution in [0, 0.1) is 0 Å². The van der Waals surface area contributed by atoms with E-state index in [0.717, 1.165) is 0 Å². The van der Waals surface area contributed by atoms with Gasteiger partial charge in [-0.3, -0.25) is 0 Å². The molecule has 52 valence electrons.